The van der Waals surface area contributed by atoms with Crippen LogP contribution in [0.1, 0.15) is 224 Å². The third kappa shape index (κ3) is 31.4. The predicted octanol–water partition coefficient (Wildman–Crippen LogP) is 11.0. The zero-order valence-corrected chi connectivity index (χ0v) is 33.8. The Labute approximate surface area is 310 Å². The van der Waals surface area contributed by atoms with Crippen LogP contribution in [0.3, 0.4) is 0 Å². The van der Waals surface area contributed by atoms with Crippen LogP contribution in [-0.2, 0) is 16.5 Å². The molecule has 0 N–H and O–H groups in total. The number of hydrogen-bond acceptors (Lipinski definition) is 3. The molecule has 0 unspecified atom stereocenters. The number of benzene rings is 1. The van der Waals surface area contributed by atoms with E-state index in [-0.39, 0.29) is 34.5 Å². The van der Waals surface area contributed by atoms with Gasteiger partial charge in [-0.25, -0.2) is 8.42 Å². The Kier molecular flexibility index (Phi) is 35.1. The Morgan fingerprint density at radius 2 is 0.609 bits per heavy atom. The molecule has 0 amide bonds. The summed E-state index contributed by atoms with van der Waals surface area (Å²) in [6.07, 6.45) is 47.9. The zero-order chi connectivity index (χ0) is 32.5. The monoisotopic (exact) mass is 671 g/mol. The SMILES string of the molecule is CCCCCCCCCCCCCCCCCCCCCCCCCCCCCCCCCCCc1ccc(S(=O)(=O)[O-])cc1.[Na+]. The van der Waals surface area contributed by atoms with Crippen LogP contribution in [0.5, 0.6) is 0 Å². The van der Waals surface area contributed by atoms with Gasteiger partial charge >= 0.3 is 29.6 Å². The van der Waals surface area contributed by atoms with E-state index in [1.165, 1.54) is 218 Å². The minimum atomic E-state index is -4.33. The van der Waals surface area contributed by atoms with E-state index < -0.39 is 10.1 Å². The predicted molar refractivity (Wildman–Crippen MR) is 196 cm³/mol. The topological polar surface area (TPSA) is 57.2 Å². The Balaban J connectivity index is 0.0000202. The molecule has 0 heterocycles. The molecule has 0 aromatic heterocycles. The van der Waals surface area contributed by atoms with Gasteiger partial charge in [-0.1, -0.05) is 225 Å². The van der Waals surface area contributed by atoms with Crippen LogP contribution < -0.4 is 29.6 Å². The van der Waals surface area contributed by atoms with E-state index in [1.54, 1.807) is 12.1 Å². The summed E-state index contributed by atoms with van der Waals surface area (Å²) in [7, 11) is -4.33. The third-order valence-corrected chi connectivity index (χ3v) is 10.6. The van der Waals surface area contributed by atoms with Crippen LogP contribution in [0, 0.1) is 0 Å². The van der Waals surface area contributed by atoms with Gasteiger partial charge in [-0.05, 0) is 30.5 Å². The molecule has 5 heteroatoms. The molecule has 0 bridgehead atoms. The summed E-state index contributed by atoms with van der Waals surface area (Å²) in [6.45, 7) is 2.30. The fourth-order valence-corrected chi connectivity index (χ4v) is 7.17. The van der Waals surface area contributed by atoms with Crippen molar-refractivity contribution in [1.82, 2.24) is 0 Å². The molecule has 1 aromatic carbocycles. The van der Waals surface area contributed by atoms with Gasteiger partial charge in [-0.3, -0.25) is 0 Å². The van der Waals surface area contributed by atoms with E-state index in [4.69, 9.17) is 0 Å². The maximum absolute atomic E-state index is 11.0. The molecule has 0 radical (unpaired) electrons. The normalized spacial score (nSPS) is 11.6. The minimum absolute atomic E-state index is 0. The van der Waals surface area contributed by atoms with Crippen molar-refractivity contribution in [2.24, 2.45) is 0 Å². The molecule has 1 aromatic rings. The summed E-state index contributed by atoms with van der Waals surface area (Å²) in [5.74, 6) is 0. The molecule has 0 saturated heterocycles. The molecule has 0 atom stereocenters. The summed E-state index contributed by atoms with van der Waals surface area (Å²) >= 11 is 0. The average Bonchev–Trinajstić information content (AvgIpc) is 3.03. The smallest absolute Gasteiger partial charge is 0.744 e. The van der Waals surface area contributed by atoms with Crippen molar-refractivity contribution in [2.75, 3.05) is 0 Å². The van der Waals surface area contributed by atoms with Crippen molar-refractivity contribution in [2.45, 2.75) is 230 Å². The van der Waals surface area contributed by atoms with Crippen LogP contribution in [0.25, 0.3) is 0 Å². The third-order valence-electron chi connectivity index (χ3n) is 9.78. The van der Waals surface area contributed by atoms with Crippen molar-refractivity contribution >= 4 is 10.1 Å². The molecular formula is C41H75NaO3S. The van der Waals surface area contributed by atoms with Gasteiger partial charge in [0.25, 0.3) is 0 Å². The molecule has 1 rings (SSSR count). The summed E-state index contributed by atoms with van der Waals surface area (Å²) in [4.78, 5) is -0.132. The molecule has 0 aliphatic carbocycles. The first-order valence-electron chi connectivity index (χ1n) is 20.1. The van der Waals surface area contributed by atoms with Crippen molar-refractivity contribution in [1.29, 1.82) is 0 Å². The molecule has 0 aliphatic heterocycles. The fraction of sp³-hybridized carbons (Fsp3) is 0.854. The van der Waals surface area contributed by atoms with E-state index in [2.05, 4.69) is 6.92 Å². The van der Waals surface area contributed by atoms with E-state index in [1.807, 2.05) is 0 Å². The van der Waals surface area contributed by atoms with Crippen LogP contribution in [-0.4, -0.2) is 13.0 Å². The molecule has 264 valence electrons. The number of aryl methyl sites for hydroxylation is 1. The van der Waals surface area contributed by atoms with Crippen molar-refractivity contribution in [3.63, 3.8) is 0 Å². The first-order chi connectivity index (χ1) is 22.0. The molecule has 3 nitrogen and oxygen atoms in total. The van der Waals surface area contributed by atoms with Crippen LogP contribution in [0.4, 0.5) is 0 Å². The summed E-state index contributed by atoms with van der Waals surface area (Å²) in [6, 6.07) is 6.41. The summed E-state index contributed by atoms with van der Waals surface area (Å²) < 4.78 is 33.0. The molecule has 0 spiro atoms. The van der Waals surface area contributed by atoms with Gasteiger partial charge in [0.05, 0.1) is 4.90 Å². The van der Waals surface area contributed by atoms with Crippen molar-refractivity contribution in [3.05, 3.63) is 29.8 Å². The zero-order valence-electron chi connectivity index (χ0n) is 31.0. The number of hydrogen-bond donors (Lipinski definition) is 0. The largest absolute Gasteiger partial charge is 1.00 e. The Morgan fingerprint density at radius 3 is 0.826 bits per heavy atom. The van der Waals surface area contributed by atoms with Gasteiger partial charge in [0, 0.05) is 0 Å². The Bertz CT molecular complexity index is 840. The summed E-state index contributed by atoms with van der Waals surface area (Å²) in [5, 5.41) is 0. The second-order valence-corrected chi connectivity index (χ2v) is 15.5. The molecule has 0 aliphatic rings. The van der Waals surface area contributed by atoms with E-state index in [9.17, 15) is 13.0 Å². The molecule has 0 saturated carbocycles. The van der Waals surface area contributed by atoms with Gasteiger partial charge in [-0.2, -0.15) is 0 Å². The van der Waals surface area contributed by atoms with Crippen LogP contribution >= 0.6 is 0 Å². The van der Waals surface area contributed by atoms with Gasteiger partial charge in [-0.15, -0.1) is 0 Å². The van der Waals surface area contributed by atoms with Crippen LogP contribution in [0.15, 0.2) is 29.2 Å². The average molecular weight is 671 g/mol. The number of rotatable bonds is 35. The van der Waals surface area contributed by atoms with E-state index >= 15 is 0 Å². The Morgan fingerprint density at radius 1 is 0.391 bits per heavy atom. The Hall–Kier alpha value is 0.130. The molecular weight excluding hydrogens is 596 g/mol. The van der Waals surface area contributed by atoms with E-state index in [0.29, 0.717) is 0 Å². The van der Waals surface area contributed by atoms with E-state index in [0.717, 1.165) is 18.4 Å². The second kappa shape index (κ2) is 35.0. The standard InChI is InChI=1S/C41H76O3S.Na/c1-2-3-4-5-6-7-8-9-10-11-12-13-14-15-16-17-18-19-20-21-22-23-24-25-26-27-28-29-30-31-32-33-34-35-40-36-38-41(39-37-40)45(42,43)44;/h36-39H,2-35H2,1H3,(H,42,43,44);/q;+1/p-1. The quantitative estimate of drug-likeness (QED) is 0.0410. The first-order valence-corrected chi connectivity index (χ1v) is 21.5. The van der Waals surface area contributed by atoms with Crippen LogP contribution in [0.2, 0.25) is 0 Å². The van der Waals surface area contributed by atoms with Gasteiger partial charge < -0.3 is 4.55 Å². The van der Waals surface area contributed by atoms with Gasteiger partial charge in [0.1, 0.15) is 10.1 Å². The molecule has 0 fully saturated rings. The number of unbranched alkanes of at least 4 members (excludes halogenated alkanes) is 32. The first kappa shape index (κ1) is 46.1. The maximum atomic E-state index is 11.0. The fourth-order valence-electron chi connectivity index (χ4n) is 6.71. The molecule has 46 heavy (non-hydrogen) atoms. The van der Waals surface area contributed by atoms with Crippen molar-refractivity contribution in [3.8, 4) is 0 Å². The maximum Gasteiger partial charge on any atom is 1.00 e. The second-order valence-electron chi connectivity index (χ2n) is 14.2. The van der Waals surface area contributed by atoms with Gasteiger partial charge in [0.2, 0.25) is 0 Å². The van der Waals surface area contributed by atoms with Crippen molar-refractivity contribution < 1.29 is 42.5 Å². The summed E-state index contributed by atoms with van der Waals surface area (Å²) in [5.41, 5.74) is 1.11. The minimum Gasteiger partial charge on any atom is -0.744 e. The van der Waals surface area contributed by atoms with Gasteiger partial charge in [0.15, 0.2) is 0 Å².